The van der Waals surface area contributed by atoms with Crippen molar-refractivity contribution in [2.24, 2.45) is 0 Å². The van der Waals surface area contributed by atoms with Crippen LogP contribution in [0.25, 0.3) is 0 Å². The predicted molar refractivity (Wildman–Crippen MR) is 82.0 cm³/mol. The summed E-state index contributed by atoms with van der Waals surface area (Å²) in [6.45, 7) is 5.38. The van der Waals surface area contributed by atoms with Crippen molar-refractivity contribution in [1.29, 1.82) is 0 Å². The van der Waals surface area contributed by atoms with Gasteiger partial charge in [0.2, 0.25) is 0 Å². The lowest BCUT2D eigenvalue weighted by Gasteiger charge is -2.23. The molecule has 3 nitrogen and oxygen atoms in total. The molecular formula is C17H23N3. The fourth-order valence-electron chi connectivity index (χ4n) is 3.00. The van der Waals surface area contributed by atoms with E-state index in [0.717, 1.165) is 26.1 Å². The fraction of sp³-hybridized carbons (Fsp3) is 0.471. The van der Waals surface area contributed by atoms with E-state index in [-0.39, 0.29) is 0 Å². The maximum Gasteiger partial charge on any atom is 0.0951 e. The topological polar surface area (TPSA) is 29.9 Å². The highest BCUT2D eigenvalue weighted by atomic mass is 15.0. The van der Waals surface area contributed by atoms with Crippen molar-refractivity contribution in [2.45, 2.75) is 38.6 Å². The first kappa shape index (κ1) is 13.4. The van der Waals surface area contributed by atoms with Crippen LogP contribution in [0.15, 0.2) is 36.8 Å². The van der Waals surface area contributed by atoms with Crippen molar-refractivity contribution >= 4 is 0 Å². The summed E-state index contributed by atoms with van der Waals surface area (Å²) in [5, 5.41) is 3.43. The van der Waals surface area contributed by atoms with Crippen LogP contribution >= 0.6 is 0 Å². The third kappa shape index (κ3) is 2.93. The standard InChI is InChI=1S/C17H23N3/c1-2-14-3-5-15(6-4-14)12-20-13-19-11-17(20)16-7-9-18-10-8-16/h3-6,11,13,16,18H,2,7-10,12H2,1H3. The lowest BCUT2D eigenvalue weighted by molar-refractivity contribution is 0.442. The zero-order valence-electron chi connectivity index (χ0n) is 12.2. The number of piperidine rings is 1. The number of rotatable bonds is 4. The first-order chi connectivity index (χ1) is 9.86. The molecule has 1 aliphatic heterocycles. The average molecular weight is 269 g/mol. The van der Waals surface area contributed by atoms with E-state index < -0.39 is 0 Å². The first-order valence-electron chi connectivity index (χ1n) is 7.65. The molecule has 1 saturated heterocycles. The molecule has 2 aromatic rings. The van der Waals surface area contributed by atoms with E-state index in [1.807, 2.05) is 6.33 Å². The number of imidazole rings is 1. The van der Waals surface area contributed by atoms with Crippen molar-refractivity contribution in [3.8, 4) is 0 Å². The minimum absolute atomic E-state index is 0.661. The highest BCUT2D eigenvalue weighted by molar-refractivity contribution is 5.23. The summed E-state index contributed by atoms with van der Waals surface area (Å²) in [5.41, 5.74) is 4.15. The van der Waals surface area contributed by atoms with Gasteiger partial charge in [0.05, 0.1) is 6.33 Å². The normalized spacial score (nSPS) is 16.4. The number of hydrogen-bond acceptors (Lipinski definition) is 2. The molecule has 20 heavy (non-hydrogen) atoms. The fourth-order valence-corrected chi connectivity index (χ4v) is 3.00. The minimum atomic E-state index is 0.661. The minimum Gasteiger partial charge on any atom is -0.330 e. The summed E-state index contributed by atoms with van der Waals surface area (Å²) in [6, 6.07) is 8.95. The first-order valence-corrected chi connectivity index (χ1v) is 7.65. The van der Waals surface area contributed by atoms with Crippen LogP contribution in [0.4, 0.5) is 0 Å². The van der Waals surface area contributed by atoms with Crippen molar-refractivity contribution in [3.63, 3.8) is 0 Å². The van der Waals surface area contributed by atoms with Crippen LogP contribution in [-0.2, 0) is 13.0 Å². The number of nitrogens with one attached hydrogen (secondary N) is 1. The van der Waals surface area contributed by atoms with Gasteiger partial charge in [-0.25, -0.2) is 4.98 Å². The third-order valence-electron chi connectivity index (χ3n) is 4.29. The number of aryl methyl sites for hydroxylation is 1. The Bertz CT molecular complexity index is 536. The lowest BCUT2D eigenvalue weighted by atomic mass is 9.95. The van der Waals surface area contributed by atoms with Gasteiger partial charge in [0.25, 0.3) is 0 Å². The molecule has 1 N–H and O–H groups in total. The second kappa shape index (κ2) is 6.23. The van der Waals surface area contributed by atoms with E-state index in [4.69, 9.17) is 0 Å². The molecule has 0 aliphatic carbocycles. The van der Waals surface area contributed by atoms with Crippen LogP contribution in [0.2, 0.25) is 0 Å². The van der Waals surface area contributed by atoms with Gasteiger partial charge in [0, 0.05) is 24.4 Å². The van der Waals surface area contributed by atoms with E-state index >= 15 is 0 Å². The molecule has 3 rings (SSSR count). The van der Waals surface area contributed by atoms with E-state index in [1.54, 1.807) is 0 Å². The lowest BCUT2D eigenvalue weighted by Crippen LogP contribution is -2.27. The summed E-state index contributed by atoms with van der Waals surface area (Å²) in [4.78, 5) is 4.37. The van der Waals surface area contributed by atoms with Crippen molar-refractivity contribution in [1.82, 2.24) is 14.9 Å². The molecule has 0 atom stereocenters. The van der Waals surface area contributed by atoms with E-state index in [0.29, 0.717) is 5.92 Å². The van der Waals surface area contributed by atoms with Gasteiger partial charge in [-0.2, -0.15) is 0 Å². The zero-order chi connectivity index (χ0) is 13.8. The average Bonchev–Trinajstić information content (AvgIpc) is 2.97. The number of benzene rings is 1. The Morgan fingerprint density at radius 1 is 1.15 bits per heavy atom. The van der Waals surface area contributed by atoms with Gasteiger partial charge >= 0.3 is 0 Å². The van der Waals surface area contributed by atoms with Gasteiger partial charge < -0.3 is 9.88 Å². The molecule has 2 heterocycles. The molecule has 0 bridgehead atoms. The molecule has 1 aromatic carbocycles. The molecule has 3 heteroatoms. The summed E-state index contributed by atoms with van der Waals surface area (Å²) in [5.74, 6) is 0.661. The monoisotopic (exact) mass is 269 g/mol. The summed E-state index contributed by atoms with van der Waals surface area (Å²) in [6.07, 6.45) is 7.58. The molecule has 0 amide bonds. The number of hydrogen-bond donors (Lipinski definition) is 1. The molecule has 1 aromatic heterocycles. The molecule has 106 valence electrons. The predicted octanol–water partition coefficient (Wildman–Crippen LogP) is 2.96. The van der Waals surface area contributed by atoms with Crippen molar-refractivity contribution in [2.75, 3.05) is 13.1 Å². The molecule has 0 spiro atoms. The Balaban J connectivity index is 1.75. The van der Waals surface area contributed by atoms with Crippen molar-refractivity contribution < 1.29 is 0 Å². The van der Waals surface area contributed by atoms with Crippen LogP contribution < -0.4 is 5.32 Å². The van der Waals surface area contributed by atoms with Gasteiger partial charge in [0.15, 0.2) is 0 Å². The SMILES string of the molecule is CCc1ccc(Cn2cncc2C2CCNCC2)cc1. The van der Waals surface area contributed by atoms with Crippen LogP contribution in [0.5, 0.6) is 0 Å². The Labute approximate surface area is 121 Å². The Morgan fingerprint density at radius 2 is 1.85 bits per heavy atom. The van der Waals surface area contributed by atoms with Gasteiger partial charge in [-0.3, -0.25) is 0 Å². The van der Waals surface area contributed by atoms with Crippen LogP contribution in [-0.4, -0.2) is 22.6 Å². The summed E-state index contributed by atoms with van der Waals surface area (Å²) < 4.78 is 2.32. The Morgan fingerprint density at radius 3 is 2.55 bits per heavy atom. The Kier molecular flexibility index (Phi) is 4.16. The zero-order valence-corrected chi connectivity index (χ0v) is 12.2. The maximum absolute atomic E-state index is 4.37. The molecular weight excluding hydrogens is 246 g/mol. The Hall–Kier alpha value is -1.61. The highest BCUT2D eigenvalue weighted by Crippen LogP contribution is 2.25. The van der Waals surface area contributed by atoms with Gasteiger partial charge in [0.1, 0.15) is 0 Å². The molecule has 0 radical (unpaired) electrons. The van der Waals surface area contributed by atoms with Gasteiger partial charge in [-0.15, -0.1) is 0 Å². The quantitative estimate of drug-likeness (QED) is 0.925. The van der Waals surface area contributed by atoms with E-state index in [2.05, 4.69) is 52.3 Å². The second-order valence-electron chi connectivity index (χ2n) is 5.64. The smallest absolute Gasteiger partial charge is 0.0951 e. The second-order valence-corrected chi connectivity index (χ2v) is 5.64. The third-order valence-corrected chi connectivity index (χ3v) is 4.29. The van der Waals surface area contributed by atoms with E-state index in [1.165, 1.54) is 29.7 Å². The molecule has 1 aliphatic rings. The number of aromatic nitrogens is 2. The summed E-state index contributed by atoms with van der Waals surface area (Å²) >= 11 is 0. The highest BCUT2D eigenvalue weighted by Gasteiger charge is 2.18. The van der Waals surface area contributed by atoms with Gasteiger partial charge in [-0.1, -0.05) is 31.2 Å². The summed E-state index contributed by atoms with van der Waals surface area (Å²) in [7, 11) is 0. The van der Waals surface area contributed by atoms with Crippen LogP contribution in [0.3, 0.4) is 0 Å². The number of nitrogens with zero attached hydrogens (tertiary/aromatic N) is 2. The van der Waals surface area contributed by atoms with Crippen LogP contribution in [0.1, 0.15) is 42.5 Å². The largest absolute Gasteiger partial charge is 0.330 e. The van der Waals surface area contributed by atoms with Crippen LogP contribution in [0, 0.1) is 0 Å². The van der Waals surface area contributed by atoms with Gasteiger partial charge in [-0.05, 0) is 43.5 Å². The maximum atomic E-state index is 4.37. The molecule has 0 unspecified atom stereocenters. The van der Waals surface area contributed by atoms with E-state index in [9.17, 15) is 0 Å². The molecule has 0 saturated carbocycles. The van der Waals surface area contributed by atoms with Crippen molar-refractivity contribution in [3.05, 3.63) is 53.6 Å². The molecule has 1 fully saturated rings.